The number of hydrogen-bond donors (Lipinski definition) is 4. The maximum absolute atomic E-state index is 12.9. The van der Waals surface area contributed by atoms with Crippen LogP contribution in [0.2, 0.25) is 0 Å². The molecule has 0 radical (unpaired) electrons. The summed E-state index contributed by atoms with van der Waals surface area (Å²) >= 11 is 0. The molecule has 5 unspecified atom stereocenters. The second kappa shape index (κ2) is 70.3. The van der Waals surface area contributed by atoms with Crippen LogP contribution in [0.25, 0.3) is 0 Å². The molecule has 0 aliphatic heterocycles. The third-order valence-corrected chi connectivity index (χ3v) is 17.7. The van der Waals surface area contributed by atoms with E-state index in [1.54, 1.807) is 0 Å². The molecule has 95 heavy (non-hydrogen) atoms. The van der Waals surface area contributed by atoms with Crippen molar-refractivity contribution in [3.63, 3.8) is 0 Å². The maximum Gasteiger partial charge on any atom is 0.472 e. The second-order valence-electron chi connectivity index (χ2n) is 25.1. The first-order chi connectivity index (χ1) is 46.2. The fourth-order valence-corrected chi connectivity index (χ4v) is 11.6. The van der Waals surface area contributed by atoms with Gasteiger partial charge in [0, 0.05) is 19.3 Å². The largest absolute Gasteiger partial charge is 0.472 e. The highest BCUT2D eigenvalue weighted by molar-refractivity contribution is 7.47. The normalized spacial score (nSPS) is 14.6. The number of aliphatic hydroxyl groups is 2. The summed E-state index contributed by atoms with van der Waals surface area (Å²) in [5.41, 5.74) is 0. The van der Waals surface area contributed by atoms with Crippen LogP contribution in [0.15, 0.2) is 97.2 Å². The molecular weight excluding hydrogens is 1240 g/mol. The number of esters is 3. The van der Waals surface area contributed by atoms with Gasteiger partial charge in [-0.25, -0.2) is 9.13 Å². The molecular formula is C77H136O16P2. The molecule has 0 aromatic rings. The van der Waals surface area contributed by atoms with Crippen LogP contribution in [-0.2, 0) is 55.8 Å². The minimum Gasteiger partial charge on any atom is -0.463 e. The molecule has 0 rings (SSSR count). The molecule has 0 bridgehead atoms. The Morgan fingerprint density at radius 3 is 0.916 bits per heavy atom. The van der Waals surface area contributed by atoms with Gasteiger partial charge in [0.2, 0.25) is 0 Å². The second-order valence-corrected chi connectivity index (χ2v) is 28.0. The highest BCUT2D eigenvalue weighted by Gasteiger charge is 2.29. The number of hydrogen-bond acceptors (Lipinski definition) is 14. The van der Waals surface area contributed by atoms with Crippen LogP contribution in [0.1, 0.15) is 316 Å². The van der Waals surface area contributed by atoms with Crippen LogP contribution in [0.3, 0.4) is 0 Å². The topological polar surface area (TPSA) is 231 Å². The Hall–Kier alpha value is -3.53. The first kappa shape index (κ1) is 91.5. The van der Waals surface area contributed by atoms with Gasteiger partial charge in [-0.3, -0.25) is 32.5 Å². The number of rotatable bonds is 71. The lowest BCUT2D eigenvalue weighted by atomic mass is 10.0. The summed E-state index contributed by atoms with van der Waals surface area (Å²) in [6.07, 6.45) is 79.1. The summed E-state index contributed by atoms with van der Waals surface area (Å²) in [5.74, 6) is -1.60. The van der Waals surface area contributed by atoms with Crippen molar-refractivity contribution < 1.29 is 75.8 Å². The molecule has 0 saturated carbocycles. The fraction of sp³-hybridized carbons (Fsp3) is 0.753. The van der Waals surface area contributed by atoms with Gasteiger partial charge in [0.1, 0.15) is 25.4 Å². The van der Waals surface area contributed by atoms with E-state index >= 15 is 0 Å². The van der Waals surface area contributed by atoms with E-state index in [1.807, 2.05) is 0 Å². The first-order valence-electron chi connectivity index (χ1n) is 37.5. The maximum atomic E-state index is 12.9. The van der Waals surface area contributed by atoms with E-state index in [9.17, 15) is 43.5 Å². The number of phosphoric acid groups is 2. The number of phosphoric ester groups is 2. The standard InChI is InChI=1S/C77H136O16P2/c1-4-7-10-13-16-19-22-25-27-28-29-30-31-32-33-34-35-36-37-38-39-40-41-42-44-47-48-51-54-57-60-63-75(80)87-66-72(78)67-89-94(83,84)90-68-73(79)69-91-95(85,86)92-71-74(93-77(82)65-62-59-56-53-50-45-24-21-18-15-12-9-6-3)70-88-76(81)64-61-58-55-52-49-46-43-26-23-20-17-14-11-8-5-2/h8,11,16-17,19-21,24-27,29-30,32-33,43,72-74,78-79H,4-7,9-10,12-15,18,22-23,28,31,34-42,44-71H2,1-3H3,(H,83,84)(H,85,86)/b11-8-,19-16-,20-17-,24-21-,27-25-,30-29-,33-32-,43-26-. The lowest BCUT2D eigenvalue weighted by Gasteiger charge is -2.21. The monoisotopic (exact) mass is 1380 g/mol. The highest BCUT2D eigenvalue weighted by Crippen LogP contribution is 2.45. The van der Waals surface area contributed by atoms with Crippen molar-refractivity contribution in [3.8, 4) is 0 Å². The number of ether oxygens (including phenoxy) is 3. The predicted octanol–water partition coefficient (Wildman–Crippen LogP) is 21.4. The van der Waals surface area contributed by atoms with E-state index in [1.165, 1.54) is 128 Å². The average Bonchev–Trinajstić information content (AvgIpc) is 1.79. The van der Waals surface area contributed by atoms with Crippen molar-refractivity contribution in [1.29, 1.82) is 0 Å². The molecule has 5 atom stereocenters. The van der Waals surface area contributed by atoms with Gasteiger partial charge in [0.05, 0.1) is 26.4 Å². The fourth-order valence-electron chi connectivity index (χ4n) is 10.0. The first-order valence-corrected chi connectivity index (χ1v) is 40.5. The molecule has 16 nitrogen and oxygen atoms in total. The smallest absolute Gasteiger partial charge is 0.463 e. The molecule has 0 aromatic carbocycles. The summed E-state index contributed by atoms with van der Waals surface area (Å²) in [6.45, 7) is 2.50. The van der Waals surface area contributed by atoms with E-state index < -0.39 is 91.5 Å². The van der Waals surface area contributed by atoms with Crippen LogP contribution in [0.4, 0.5) is 0 Å². The molecule has 18 heteroatoms. The van der Waals surface area contributed by atoms with Crippen molar-refractivity contribution in [2.24, 2.45) is 0 Å². The zero-order valence-electron chi connectivity index (χ0n) is 59.8. The predicted molar refractivity (Wildman–Crippen MR) is 390 cm³/mol. The molecule has 0 saturated heterocycles. The minimum absolute atomic E-state index is 0.0910. The van der Waals surface area contributed by atoms with Gasteiger partial charge in [-0.15, -0.1) is 0 Å². The summed E-state index contributed by atoms with van der Waals surface area (Å²) in [5, 5.41) is 20.6. The molecule has 0 amide bonds. The van der Waals surface area contributed by atoms with Crippen LogP contribution in [0.5, 0.6) is 0 Å². The van der Waals surface area contributed by atoms with Crippen molar-refractivity contribution in [2.45, 2.75) is 334 Å². The zero-order chi connectivity index (χ0) is 69.5. The van der Waals surface area contributed by atoms with Crippen molar-refractivity contribution in [3.05, 3.63) is 97.2 Å². The summed E-state index contributed by atoms with van der Waals surface area (Å²) in [4.78, 5) is 58.4. The summed E-state index contributed by atoms with van der Waals surface area (Å²) in [6, 6.07) is 0. The van der Waals surface area contributed by atoms with E-state index in [0.29, 0.717) is 19.3 Å². The van der Waals surface area contributed by atoms with Gasteiger partial charge in [0.15, 0.2) is 6.10 Å². The summed E-state index contributed by atoms with van der Waals surface area (Å²) in [7, 11) is -9.78. The van der Waals surface area contributed by atoms with Crippen LogP contribution >= 0.6 is 15.6 Å². The van der Waals surface area contributed by atoms with Gasteiger partial charge >= 0.3 is 33.6 Å². The van der Waals surface area contributed by atoms with E-state index in [-0.39, 0.29) is 19.3 Å². The van der Waals surface area contributed by atoms with Gasteiger partial charge < -0.3 is 34.2 Å². The Morgan fingerprint density at radius 1 is 0.305 bits per heavy atom. The Morgan fingerprint density at radius 2 is 0.558 bits per heavy atom. The molecule has 550 valence electrons. The minimum atomic E-state index is -4.93. The third-order valence-electron chi connectivity index (χ3n) is 15.8. The average molecular weight is 1380 g/mol. The van der Waals surface area contributed by atoms with Crippen LogP contribution < -0.4 is 0 Å². The molecule has 4 N–H and O–H groups in total. The lowest BCUT2D eigenvalue weighted by Crippen LogP contribution is -2.30. The Balaban J connectivity index is 4.40. The summed E-state index contributed by atoms with van der Waals surface area (Å²) < 4.78 is 60.9. The number of aliphatic hydroxyl groups excluding tert-OH is 2. The van der Waals surface area contributed by atoms with Gasteiger partial charge in [-0.1, -0.05) is 272 Å². The molecule has 0 fully saturated rings. The van der Waals surface area contributed by atoms with Gasteiger partial charge in [0.25, 0.3) is 0 Å². The van der Waals surface area contributed by atoms with Crippen LogP contribution in [0, 0.1) is 0 Å². The van der Waals surface area contributed by atoms with Crippen LogP contribution in [-0.4, -0.2) is 95.9 Å². The molecule has 0 aromatic heterocycles. The Labute approximate surface area is 578 Å². The lowest BCUT2D eigenvalue weighted by molar-refractivity contribution is -0.161. The number of carbonyl (C=O) groups is 3. The van der Waals surface area contributed by atoms with Gasteiger partial charge in [-0.05, 0) is 122 Å². The highest BCUT2D eigenvalue weighted by atomic mass is 31.2. The molecule has 0 aliphatic rings. The molecule has 0 spiro atoms. The van der Waals surface area contributed by atoms with Crippen molar-refractivity contribution in [2.75, 3.05) is 39.6 Å². The number of unbranched alkanes of at least 4 members (excludes halogenated alkanes) is 32. The SMILES string of the molecule is CC/C=C\C/C=C\C/C=C\CCCCCCCC(=O)OCC(COP(=O)(O)OCC(O)COP(=O)(O)OCC(O)COC(=O)CCCCCCCCCCCCCCCCC/C=C\C/C=C\C/C=C\C/C=C\CCCCC)OC(=O)CCCCCCC/C=C\CCCCCC. The van der Waals surface area contributed by atoms with Gasteiger partial charge in [-0.2, -0.15) is 0 Å². The van der Waals surface area contributed by atoms with E-state index in [0.717, 1.165) is 128 Å². The molecule has 0 aliphatic carbocycles. The number of carbonyl (C=O) groups excluding carboxylic acids is 3. The zero-order valence-corrected chi connectivity index (χ0v) is 61.6. The number of allylic oxidation sites excluding steroid dienone is 16. The third kappa shape index (κ3) is 71.6. The van der Waals surface area contributed by atoms with E-state index in [4.69, 9.17) is 32.3 Å². The Bertz CT molecular complexity index is 2120. The van der Waals surface area contributed by atoms with Crippen molar-refractivity contribution >= 4 is 33.6 Å². The molecule has 0 heterocycles. The quantitative estimate of drug-likeness (QED) is 0.0146. The van der Waals surface area contributed by atoms with Crippen molar-refractivity contribution in [1.82, 2.24) is 0 Å². The van der Waals surface area contributed by atoms with E-state index in [2.05, 4.69) is 118 Å². The Kier molecular flexibility index (Phi) is 67.7.